The summed E-state index contributed by atoms with van der Waals surface area (Å²) in [5, 5.41) is 7.48. The summed E-state index contributed by atoms with van der Waals surface area (Å²) in [6, 6.07) is 5.70. The number of hydrogen-bond donors (Lipinski definition) is 2. The molecule has 1 fully saturated rings. The normalized spacial score (nSPS) is 19.9. The number of aromatic nitrogens is 2. The van der Waals surface area contributed by atoms with Crippen LogP contribution < -0.4 is 10.6 Å². The Morgan fingerprint density at radius 1 is 1.42 bits per heavy atom. The molecule has 5 nitrogen and oxygen atoms in total. The summed E-state index contributed by atoms with van der Waals surface area (Å²) in [4.78, 5) is 8.23. The van der Waals surface area contributed by atoms with Crippen molar-refractivity contribution in [2.75, 3.05) is 13.3 Å². The molecule has 8 heteroatoms. The molecule has 2 unspecified atom stereocenters. The van der Waals surface area contributed by atoms with Gasteiger partial charge < -0.3 is 15.2 Å². The first-order chi connectivity index (χ1) is 12.2. The quantitative estimate of drug-likeness (QED) is 0.383. The summed E-state index contributed by atoms with van der Waals surface area (Å²) in [6.45, 7) is 0.527. The Hall–Kier alpha value is -1.29. The molecule has 0 bridgehead atoms. The third-order valence-corrected chi connectivity index (χ3v) is 5.63. The Balaban J connectivity index is 0.00000243. The SMILES string of the molecule is CN=C(NCc1ccc(-n2ccnc2)c(F)c1)NC1CCC(SC)C1.I. The number of hydrogen-bond acceptors (Lipinski definition) is 3. The van der Waals surface area contributed by atoms with E-state index in [1.165, 1.54) is 12.8 Å². The minimum absolute atomic E-state index is 0. The lowest BCUT2D eigenvalue weighted by Crippen LogP contribution is -2.42. The molecular formula is C18H25FIN5S. The van der Waals surface area contributed by atoms with E-state index in [2.05, 4.69) is 26.9 Å². The number of guanidine groups is 1. The van der Waals surface area contributed by atoms with E-state index in [0.717, 1.165) is 23.2 Å². The van der Waals surface area contributed by atoms with Crippen molar-refractivity contribution in [2.45, 2.75) is 37.1 Å². The maximum absolute atomic E-state index is 14.3. The van der Waals surface area contributed by atoms with Crippen LogP contribution in [0.25, 0.3) is 5.69 Å². The van der Waals surface area contributed by atoms with Crippen LogP contribution >= 0.6 is 35.7 Å². The van der Waals surface area contributed by atoms with Crippen LogP contribution in [0.15, 0.2) is 41.9 Å². The molecule has 0 radical (unpaired) electrons. The van der Waals surface area contributed by atoms with E-state index in [9.17, 15) is 4.39 Å². The molecule has 26 heavy (non-hydrogen) atoms. The van der Waals surface area contributed by atoms with Crippen LogP contribution in [0, 0.1) is 5.82 Å². The highest BCUT2D eigenvalue weighted by atomic mass is 127. The first kappa shape index (κ1) is 21.0. The predicted octanol–water partition coefficient (Wildman–Crippen LogP) is 3.58. The maximum Gasteiger partial charge on any atom is 0.191 e. The van der Waals surface area contributed by atoms with Crippen LogP contribution in [0.3, 0.4) is 0 Å². The highest BCUT2D eigenvalue weighted by molar-refractivity contribution is 14.0. The zero-order valence-corrected chi connectivity index (χ0v) is 18.1. The smallest absolute Gasteiger partial charge is 0.191 e. The van der Waals surface area contributed by atoms with Crippen LogP contribution in [0.5, 0.6) is 0 Å². The average Bonchev–Trinajstić information content (AvgIpc) is 3.30. The monoisotopic (exact) mass is 489 g/mol. The highest BCUT2D eigenvalue weighted by Gasteiger charge is 2.24. The van der Waals surface area contributed by atoms with Crippen molar-refractivity contribution in [2.24, 2.45) is 4.99 Å². The van der Waals surface area contributed by atoms with Crippen molar-refractivity contribution >= 4 is 41.7 Å². The summed E-state index contributed by atoms with van der Waals surface area (Å²) in [6.07, 6.45) is 10.7. The van der Waals surface area contributed by atoms with Crippen LogP contribution in [0.1, 0.15) is 24.8 Å². The summed E-state index contributed by atoms with van der Waals surface area (Å²) >= 11 is 1.93. The van der Waals surface area contributed by atoms with E-state index in [0.29, 0.717) is 18.3 Å². The molecule has 1 aliphatic carbocycles. The third kappa shape index (κ3) is 5.35. The summed E-state index contributed by atoms with van der Waals surface area (Å²) in [5.74, 6) is 0.504. The molecule has 1 aromatic carbocycles. The van der Waals surface area contributed by atoms with E-state index in [1.807, 2.05) is 17.8 Å². The van der Waals surface area contributed by atoms with Gasteiger partial charge in [-0.3, -0.25) is 4.99 Å². The van der Waals surface area contributed by atoms with Gasteiger partial charge in [-0.15, -0.1) is 24.0 Å². The van der Waals surface area contributed by atoms with Crippen molar-refractivity contribution in [3.8, 4) is 5.69 Å². The van der Waals surface area contributed by atoms with Gasteiger partial charge in [0, 0.05) is 37.3 Å². The molecule has 2 aromatic rings. The van der Waals surface area contributed by atoms with Gasteiger partial charge >= 0.3 is 0 Å². The third-order valence-electron chi connectivity index (χ3n) is 4.54. The first-order valence-electron chi connectivity index (χ1n) is 8.46. The van der Waals surface area contributed by atoms with Gasteiger partial charge in [-0.1, -0.05) is 6.07 Å². The van der Waals surface area contributed by atoms with Crippen molar-refractivity contribution in [3.63, 3.8) is 0 Å². The minimum Gasteiger partial charge on any atom is -0.354 e. The Labute approximate surface area is 175 Å². The lowest BCUT2D eigenvalue weighted by atomic mass is 10.2. The molecule has 0 saturated heterocycles. The number of benzene rings is 1. The molecule has 142 valence electrons. The van der Waals surface area contributed by atoms with Crippen molar-refractivity contribution in [3.05, 3.63) is 48.3 Å². The van der Waals surface area contributed by atoms with Crippen LogP contribution in [-0.2, 0) is 6.54 Å². The number of aliphatic imine (C=N–C) groups is 1. The summed E-state index contributed by atoms with van der Waals surface area (Å²) in [7, 11) is 1.76. The Morgan fingerprint density at radius 3 is 2.88 bits per heavy atom. The molecule has 2 atom stereocenters. The maximum atomic E-state index is 14.3. The Morgan fingerprint density at radius 2 is 2.27 bits per heavy atom. The second-order valence-corrected chi connectivity index (χ2v) is 7.33. The number of halogens is 2. The van der Waals surface area contributed by atoms with Gasteiger partial charge in [-0.05, 0) is 43.2 Å². The molecule has 0 amide bonds. The zero-order valence-electron chi connectivity index (χ0n) is 15.0. The van der Waals surface area contributed by atoms with Gasteiger partial charge in [0.25, 0.3) is 0 Å². The molecule has 3 rings (SSSR count). The molecule has 1 heterocycles. The van der Waals surface area contributed by atoms with E-state index in [4.69, 9.17) is 0 Å². The predicted molar refractivity (Wildman–Crippen MR) is 117 cm³/mol. The fourth-order valence-electron chi connectivity index (χ4n) is 3.13. The van der Waals surface area contributed by atoms with Crippen molar-refractivity contribution in [1.82, 2.24) is 20.2 Å². The molecule has 1 aliphatic rings. The second kappa shape index (κ2) is 10.1. The van der Waals surface area contributed by atoms with Gasteiger partial charge in [0.05, 0.1) is 12.0 Å². The lowest BCUT2D eigenvalue weighted by Gasteiger charge is -2.17. The Kier molecular flexibility index (Phi) is 8.20. The molecule has 2 N–H and O–H groups in total. The number of thioether (sulfide) groups is 1. The second-order valence-electron chi connectivity index (χ2n) is 6.19. The van der Waals surface area contributed by atoms with Crippen LogP contribution in [-0.4, -0.2) is 40.1 Å². The number of nitrogens with zero attached hydrogens (tertiary/aromatic N) is 3. The largest absolute Gasteiger partial charge is 0.354 e. The van der Waals surface area contributed by atoms with Gasteiger partial charge in [-0.25, -0.2) is 9.37 Å². The topological polar surface area (TPSA) is 54.2 Å². The highest BCUT2D eigenvalue weighted by Crippen LogP contribution is 2.28. The van der Waals surface area contributed by atoms with Crippen LogP contribution in [0.2, 0.25) is 0 Å². The molecule has 0 spiro atoms. The number of rotatable bonds is 5. The molecule has 1 saturated carbocycles. The summed E-state index contributed by atoms with van der Waals surface area (Å²) < 4.78 is 16.0. The Bertz CT molecular complexity index is 722. The molecule has 0 aliphatic heterocycles. The number of nitrogens with one attached hydrogen (secondary N) is 2. The van der Waals surface area contributed by atoms with E-state index >= 15 is 0 Å². The fraction of sp³-hybridized carbons (Fsp3) is 0.444. The average molecular weight is 489 g/mol. The van der Waals surface area contributed by atoms with Crippen LogP contribution in [0.4, 0.5) is 4.39 Å². The molecule has 1 aromatic heterocycles. The zero-order chi connectivity index (χ0) is 17.6. The standard InChI is InChI=1S/C18H24FN5S.HI/c1-20-18(23-14-4-5-15(10-14)25-2)22-11-13-3-6-17(16(19)9-13)24-8-7-21-12-24;/h3,6-9,12,14-15H,4-5,10-11H2,1-2H3,(H2,20,22,23);1H. The van der Waals surface area contributed by atoms with Gasteiger partial charge in [-0.2, -0.15) is 11.8 Å². The molecular weight excluding hydrogens is 464 g/mol. The van der Waals surface area contributed by atoms with Gasteiger partial charge in [0.2, 0.25) is 0 Å². The van der Waals surface area contributed by atoms with E-state index in [-0.39, 0.29) is 29.8 Å². The number of imidazole rings is 1. The fourth-order valence-corrected chi connectivity index (χ4v) is 3.93. The first-order valence-corrected chi connectivity index (χ1v) is 9.75. The summed E-state index contributed by atoms with van der Waals surface area (Å²) in [5.41, 5.74) is 1.37. The lowest BCUT2D eigenvalue weighted by molar-refractivity contribution is 0.608. The van der Waals surface area contributed by atoms with E-state index in [1.54, 1.807) is 42.5 Å². The minimum atomic E-state index is -0.265. The van der Waals surface area contributed by atoms with Crippen molar-refractivity contribution < 1.29 is 4.39 Å². The van der Waals surface area contributed by atoms with Gasteiger partial charge in [0.1, 0.15) is 5.82 Å². The van der Waals surface area contributed by atoms with Crippen molar-refractivity contribution in [1.29, 1.82) is 0 Å². The van der Waals surface area contributed by atoms with Gasteiger partial charge in [0.15, 0.2) is 5.96 Å². The van der Waals surface area contributed by atoms with E-state index < -0.39 is 0 Å².